The topological polar surface area (TPSA) is 107 Å². The lowest BCUT2D eigenvalue weighted by atomic mass is 9.92. The van der Waals surface area contributed by atoms with E-state index in [0.29, 0.717) is 23.2 Å². The van der Waals surface area contributed by atoms with Crippen LogP contribution in [0.15, 0.2) is 48.8 Å². The number of likely N-dealkylation sites (N-methyl/N-ethyl adjacent to an activating group) is 1. The third-order valence-corrected chi connectivity index (χ3v) is 7.63. The standard InChI is InChI=1S/C25H21F4N3O3.C5H14NO/c26-21-10-15(25(27,28)29)4-7-20(21)24(8-9-24)23(35)31-16-5-6-18(19(11-16)22(33)34)14-12-30-32(13-14)17-2-1-3-17;1-6(2,3)4-5-7/h4-7,10-13,17H,1-3,8-9H2,(H,31,35)(H,33,34);7H,4-5H2,1-3H3/q;+1/p-1. The van der Waals surface area contributed by atoms with Gasteiger partial charge in [-0.05, 0) is 61.9 Å². The minimum Gasteiger partial charge on any atom is -0.545 e. The van der Waals surface area contributed by atoms with Gasteiger partial charge in [0.15, 0.2) is 0 Å². The molecule has 2 N–H and O–H groups in total. The number of aromatic nitrogens is 2. The molecule has 1 amide bonds. The molecule has 3 aromatic rings. The Hall–Kier alpha value is -3.77. The van der Waals surface area contributed by atoms with Crippen LogP contribution in [0.3, 0.4) is 0 Å². The van der Waals surface area contributed by atoms with Gasteiger partial charge in [-0.15, -0.1) is 0 Å². The summed E-state index contributed by atoms with van der Waals surface area (Å²) in [5.74, 6) is -3.17. The highest BCUT2D eigenvalue weighted by Gasteiger charge is 2.53. The third-order valence-electron chi connectivity index (χ3n) is 7.63. The van der Waals surface area contributed by atoms with Crippen molar-refractivity contribution in [2.75, 3.05) is 39.6 Å². The number of anilines is 1. The number of hydrogen-bond acceptors (Lipinski definition) is 5. The highest BCUT2D eigenvalue weighted by Crippen LogP contribution is 2.50. The molecule has 2 fully saturated rings. The van der Waals surface area contributed by atoms with Crippen molar-refractivity contribution < 1.29 is 41.8 Å². The van der Waals surface area contributed by atoms with Crippen LogP contribution in [0.1, 0.15) is 59.6 Å². The molecule has 1 aromatic heterocycles. The zero-order chi connectivity index (χ0) is 30.9. The first-order valence-corrected chi connectivity index (χ1v) is 13.6. The van der Waals surface area contributed by atoms with E-state index in [1.165, 1.54) is 18.2 Å². The zero-order valence-corrected chi connectivity index (χ0v) is 23.7. The predicted molar refractivity (Wildman–Crippen MR) is 146 cm³/mol. The summed E-state index contributed by atoms with van der Waals surface area (Å²) in [6.07, 6.45) is 2.31. The minimum atomic E-state index is -4.70. The van der Waals surface area contributed by atoms with Crippen LogP contribution in [0.2, 0.25) is 0 Å². The van der Waals surface area contributed by atoms with E-state index in [0.717, 1.165) is 42.4 Å². The van der Waals surface area contributed by atoms with Gasteiger partial charge >= 0.3 is 6.18 Å². The van der Waals surface area contributed by atoms with E-state index in [9.17, 15) is 32.3 Å². The summed E-state index contributed by atoms with van der Waals surface area (Å²) in [5, 5.41) is 27.1. The summed E-state index contributed by atoms with van der Waals surface area (Å²) in [6, 6.07) is 6.71. The van der Waals surface area contributed by atoms with Crippen molar-refractivity contribution in [1.82, 2.24) is 9.78 Å². The number of hydrogen-bond donors (Lipinski definition) is 2. The first-order valence-electron chi connectivity index (χ1n) is 13.6. The zero-order valence-electron chi connectivity index (χ0n) is 23.7. The molecule has 0 spiro atoms. The van der Waals surface area contributed by atoms with Crippen LogP contribution < -0.4 is 10.4 Å². The van der Waals surface area contributed by atoms with Crippen molar-refractivity contribution in [2.45, 2.75) is 49.7 Å². The van der Waals surface area contributed by atoms with Crippen LogP contribution in [0, 0.1) is 5.82 Å². The number of amides is 1. The molecule has 0 unspecified atom stereocenters. The van der Waals surface area contributed by atoms with Gasteiger partial charge in [0.25, 0.3) is 0 Å². The quantitative estimate of drug-likeness (QED) is 0.303. The molecule has 2 aromatic carbocycles. The molecule has 5 rings (SSSR count). The van der Waals surface area contributed by atoms with Gasteiger partial charge in [-0.3, -0.25) is 9.48 Å². The number of carbonyl (C=O) groups excluding carboxylic acids is 2. The number of benzene rings is 2. The van der Waals surface area contributed by atoms with Crippen molar-refractivity contribution in [3.8, 4) is 11.1 Å². The maximum Gasteiger partial charge on any atom is 0.416 e. The second-order valence-corrected chi connectivity index (χ2v) is 11.8. The lowest BCUT2D eigenvalue weighted by Gasteiger charge is -2.25. The molecule has 2 aliphatic rings. The number of alkyl halides is 3. The maximum atomic E-state index is 14.5. The van der Waals surface area contributed by atoms with E-state index in [1.807, 2.05) is 4.68 Å². The molecule has 0 aliphatic heterocycles. The first kappa shape index (κ1) is 31.2. The molecular weight excluding hydrogens is 556 g/mol. The Labute approximate surface area is 241 Å². The Bertz CT molecular complexity index is 1450. The largest absolute Gasteiger partial charge is 0.545 e. The molecule has 0 saturated heterocycles. The van der Waals surface area contributed by atoms with Crippen molar-refractivity contribution in [3.05, 3.63) is 71.3 Å². The number of halogens is 4. The summed E-state index contributed by atoms with van der Waals surface area (Å²) < 4.78 is 55.8. The summed E-state index contributed by atoms with van der Waals surface area (Å²) in [5.41, 5.74) is -1.58. The number of aromatic carboxylic acids is 1. The van der Waals surface area contributed by atoms with E-state index in [2.05, 4.69) is 31.6 Å². The van der Waals surface area contributed by atoms with Crippen LogP contribution in [0.5, 0.6) is 0 Å². The number of carbonyl (C=O) groups is 2. The van der Waals surface area contributed by atoms with Gasteiger partial charge in [-0.1, -0.05) is 12.1 Å². The summed E-state index contributed by atoms with van der Waals surface area (Å²) in [6.45, 7) is 1.11. The monoisotopic (exact) mass is 590 g/mol. The molecule has 42 heavy (non-hydrogen) atoms. The van der Waals surface area contributed by atoms with Crippen LogP contribution in [-0.4, -0.2) is 65.5 Å². The number of carboxylic acids is 1. The lowest BCUT2D eigenvalue weighted by molar-refractivity contribution is -0.870. The number of carboxylic acid groups (broad SMARTS) is 1. The second-order valence-electron chi connectivity index (χ2n) is 11.8. The molecule has 2 saturated carbocycles. The third kappa shape index (κ3) is 6.99. The minimum absolute atomic E-state index is 0.122. The highest BCUT2D eigenvalue weighted by atomic mass is 19.4. The fourth-order valence-electron chi connectivity index (χ4n) is 4.74. The van der Waals surface area contributed by atoms with Gasteiger partial charge in [-0.2, -0.15) is 18.3 Å². The number of aliphatic hydroxyl groups excluding tert-OH is 1. The van der Waals surface area contributed by atoms with Gasteiger partial charge in [0.2, 0.25) is 5.91 Å². The molecule has 12 heteroatoms. The molecule has 2 aliphatic carbocycles. The van der Waals surface area contributed by atoms with Gasteiger partial charge in [-0.25, -0.2) is 4.39 Å². The molecule has 8 nitrogen and oxygen atoms in total. The van der Waals surface area contributed by atoms with Crippen LogP contribution in [0.4, 0.5) is 23.2 Å². The second kappa shape index (κ2) is 11.8. The van der Waals surface area contributed by atoms with Gasteiger partial charge in [0.05, 0.1) is 56.9 Å². The van der Waals surface area contributed by atoms with Crippen molar-refractivity contribution in [3.63, 3.8) is 0 Å². The molecular formula is C30H34F4N4O4. The number of quaternary nitrogens is 1. The van der Waals surface area contributed by atoms with Gasteiger partial charge in [0, 0.05) is 28.6 Å². The molecule has 0 radical (unpaired) electrons. The average molecular weight is 591 g/mol. The Morgan fingerprint density at radius 3 is 2.31 bits per heavy atom. The highest BCUT2D eigenvalue weighted by molar-refractivity contribution is 6.03. The average Bonchev–Trinajstić information content (AvgIpc) is 3.53. The SMILES string of the molecule is C[N+](C)(C)CCO.O=C([O-])c1cc(NC(=O)C2(c3ccc(C(F)(F)F)cc3F)CC2)ccc1-c1cnn(C2CCC2)c1. The Kier molecular flexibility index (Phi) is 8.79. The summed E-state index contributed by atoms with van der Waals surface area (Å²) >= 11 is 0. The number of aliphatic hydroxyl groups is 1. The predicted octanol–water partition coefficient (Wildman–Crippen LogP) is 4.15. The van der Waals surface area contributed by atoms with E-state index >= 15 is 0 Å². The van der Waals surface area contributed by atoms with E-state index in [4.69, 9.17) is 5.11 Å². The smallest absolute Gasteiger partial charge is 0.416 e. The maximum absolute atomic E-state index is 14.5. The first-order chi connectivity index (χ1) is 19.6. The van der Waals surface area contributed by atoms with Gasteiger partial charge in [0.1, 0.15) is 12.4 Å². The number of rotatable bonds is 8. The van der Waals surface area contributed by atoms with Crippen molar-refractivity contribution in [2.24, 2.45) is 0 Å². The molecule has 226 valence electrons. The Balaban J connectivity index is 0.000000517. The number of nitrogens with zero attached hydrogens (tertiary/aromatic N) is 3. The van der Waals surface area contributed by atoms with Gasteiger partial charge < -0.3 is 24.8 Å². The molecule has 1 heterocycles. The Morgan fingerprint density at radius 2 is 1.83 bits per heavy atom. The van der Waals surface area contributed by atoms with Crippen LogP contribution in [-0.2, 0) is 16.4 Å². The molecule has 0 atom stereocenters. The summed E-state index contributed by atoms with van der Waals surface area (Å²) in [4.78, 5) is 24.8. The lowest BCUT2D eigenvalue weighted by Crippen LogP contribution is -2.36. The van der Waals surface area contributed by atoms with E-state index in [-0.39, 0.29) is 36.3 Å². The normalized spacial score (nSPS) is 16.2. The number of nitrogens with one attached hydrogen (secondary N) is 1. The fourth-order valence-corrected chi connectivity index (χ4v) is 4.74. The van der Waals surface area contributed by atoms with Crippen molar-refractivity contribution in [1.29, 1.82) is 0 Å². The summed E-state index contributed by atoms with van der Waals surface area (Å²) in [7, 11) is 6.16. The van der Waals surface area contributed by atoms with Crippen molar-refractivity contribution >= 4 is 17.6 Å². The van der Waals surface area contributed by atoms with Crippen LogP contribution in [0.25, 0.3) is 11.1 Å². The van der Waals surface area contributed by atoms with Crippen LogP contribution >= 0.6 is 0 Å². The Morgan fingerprint density at radius 1 is 1.14 bits per heavy atom. The van der Waals surface area contributed by atoms with E-state index < -0.39 is 34.8 Å². The van der Waals surface area contributed by atoms with E-state index in [1.54, 1.807) is 12.4 Å². The molecule has 0 bridgehead atoms. The fraction of sp³-hybridized carbons (Fsp3) is 0.433.